The zero-order valence-electron chi connectivity index (χ0n) is 39.7. The van der Waals surface area contributed by atoms with Gasteiger partial charge in [0, 0.05) is 36.8 Å². The van der Waals surface area contributed by atoms with Crippen molar-refractivity contribution >= 4 is 52.7 Å². The molecule has 1 aliphatic heterocycles. The van der Waals surface area contributed by atoms with E-state index < -0.39 is 77.8 Å². The molecule has 0 saturated carbocycles. The number of unbranched alkanes of at least 4 members (excludes halogenated alkanes) is 1. The van der Waals surface area contributed by atoms with Crippen LogP contribution in [0.25, 0.3) is 10.4 Å². The summed E-state index contributed by atoms with van der Waals surface area (Å²) < 4.78 is 40.4. The number of alkyl carbamates (subject to hydrolysis) is 1. The minimum atomic E-state index is -1.09. The quantitative estimate of drug-likeness (QED) is 0.0376. The second-order valence-electron chi connectivity index (χ2n) is 16.8. The number of aliphatic hydroxyl groups excluding tert-OH is 1. The van der Waals surface area contributed by atoms with Crippen molar-refractivity contribution in [3.05, 3.63) is 83.4 Å². The maximum absolute atomic E-state index is 16.8. The predicted octanol–water partition coefficient (Wildman–Crippen LogP) is 4.93. The van der Waals surface area contributed by atoms with Gasteiger partial charge in [-0.1, -0.05) is 55.0 Å². The summed E-state index contributed by atoms with van der Waals surface area (Å²) in [6.45, 7) is 14.8. The average molecular weight is 978 g/mol. The standard InChI is InChI=1S/C47H60FN9O11S/c1-9-19-66-47(64)52-30(7)43(60)51-29(6)44(61)53-33-14-12-32(13-15-33)24-67-41-35(16-17-36(39(41)48)42-28(5)49-25-69-42)27(4)50-45(62)37-21-34(68-31(8)59)22-56(37)46(63)40(26(2)3)57-23-38(54-55-57)65-20-11-10-18-58/h9,12-17,23,25-27,29-30,34,37,40,58H,1,10-11,18-22,24H2,2-8H3,(H,50,62)(H,51,60)(H,52,64)(H,53,61)/t27-,29-,30-,34+,37-,40-/m0/s1. The van der Waals surface area contributed by atoms with E-state index in [9.17, 15) is 28.8 Å². The second-order valence-corrected chi connectivity index (χ2v) is 17.6. The minimum absolute atomic E-state index is 0.00195. The Kier molecular flexibility index (Phi) is 19.1. The lowest BCUT2D eigenvalue weighted by molar-refractivity contribution is -0.147. The van der Waals surface area contributed by atoms with Crippen molar-refractivity contribution in [2.45, 2.75) is 111 Å². The third-order valence-electron chi connectivity index (χ3n) is 11.0. The maximum Gasteiger partial charge on any atom is 0.408 e. The van der Waals surface area contributed by atoms with E-state index in [2.05, 4.69) is 43.1 Å². The number of esters is 1. The molecule has 0 spiro atoms. The summed E-state index contributed by atoms with van der Waals surface area (Å²) in [5.74, 6) is -3.69. The van der Waals surface area contributed by atoms with Crippen molar-refractivity contribution in [2.24, 2.45) is 5.92 Å². The molecule has 5 N–H and O–H groups in total. The number of nitrogens with one attached hydrogen (secondary N) is 4. The van der Waals surface area contributed by atoms with E-state index in [0.717, 1.165) is 0 Å². The van der Waals surface area contributed by atoms with Crippen molar-refractivity contribution in [1.82, 2.24) is 40.8 Å². The normalized spacial score (nSPS) is 16.1. The van der Waals surface area contributed by atoms with Crippen LogP contribution >= 0.6 is 11.3 Å². The SMILES string of the molecule is C=CCOC(=O)N[C@@H](C)C(=O)N[C@@H](C)C(=O)Nc1ccc(COc2c([C@H](C)NC(=O)[C@@H]3C[C@@H](OC(C)=O)CN3C(=O)[C@H](C(C)C)n3cc(OCCCCO)nn3)ccc(-c3scnc3C)c2F)cc1. The number of carbonyl (C=O) groups is 6. The monoisotopic (exact) mass is 977 g/mol. The van der Waals surface area contributed by atoms with Crippen LogP contribution in [0.3, 0.4) is 0 Å². The molecule has 4 aromatic rings. The molecule has 0 bridgehead atoms. The molecular formula is C47H60FN9O11S. The van der Waals surface area contributed by atoms with E-state index in [1.807, 2.05) is 13.8 Å². The second kappa shape index (κ2) is 24.9. The highest BCUT2D eigenvalue weighted by molar-refractivity contribution is 7.13. The van der Waals surface area contributed by atoms with Gasteiger partial charge in [0.15, 0.2) is 11.6 Å². The van der Waals surface area contributed by atoms with Crippen LogP contribution in [0.5, 0.6) is 11.6 Å². The number of hydrogen-bond acceptors (Lipinski definition) is 15. The zero-order chi connectivity index (χ0) is 50.4. The highest BCUT2D eigenvalue weighted by atomic mass is 32.1. The topological polar surface area (TPSA) is 255 Å². The fourth-order valence-electron chi connectivity index (χ4n) is 7.43. The molecule has 1 fully saturated rings. The summed E-state index contributed by atoms with van der Waals surface area (Å²) in [6, 6.07) is 4.99. The number of rotatable bonds is 23. The number of aromatic nitrogens is 4. The Bertz CT molecular complexity index is 2450. The Balaban J connectivity index is 1.31. The van der Waals surface area contributed by atoms with E-state index in [4.69, 9.17) is 24.1 Å². The summed E-state index contributed by atoms with van der Waals surface area (Å²) in [7, 11) is 0. The minimum Gasteiger partial charge on any atom is -0.485 e. The van der Waals surface area contributed by atoms with Gasteiger partial charge in [0.05, 0.1) is 41.5 Å². The van der Waals surface area contributed by atoms with Crippen LogP contribution in [0.15, 0.2) is 60.8 Å². The van der Waals surface area contributed by atoms with Crippen molar-refractivity contribution < 1.29 is 57.2 Å². The maximum atomic E-state index is 16.8. The van der Waals surface area contributed by atoms with Crippen LogP contribution in [0, 0.1) is 18.7 Å². The molecule has 2 aromatic heterocycles. The zero-order valence-corrected chi connectivity index (χ0v) is 40.5. The van der Waals surface area contributed by atoms with Gasteiger partial charge in [-0.25, -0.2) is 18.9 Å². The highest BCUT2D eigenvalue weighted by Crippen LogP contribution is 2.39. The van der Waals surface area contributed by atoms with Crippen molar-refractivity contribution in [3.8, 4) is 22.1 Å². The molecule has 1 aliphatic rings. The molecule has 0 radical (unpaired) electrons. The van der Waals surface area contributed by atoms with E-state index >= 15 is 4.39 Å². The summed E-state index contributed by atoms with van der Waals surface area (Å²) in [5.41, 5.74) is 3.76. The number of nitrogens with zero attached hydrogens (tertiary/aromatic N) is 5. The molecule has 2 aromatic carbocycles. The van der Waals surface area contributed by atoms with Crippen LogP contribution in [0.2, 0.25) is 0 Å². The average Bonchev–Trinajstić information content (AvgIpc) is 4.07. The van der Waals surface area contributed by atoms with E-state index in [1.54, 1.807) is 55.8 Å². The van der Waals surface area contributed by atoms with Crippen LogP contribution < -0.4 is 30.7 Å². The number of benzene rings is 2. The van der Waals surface area contributed by atoms with Gasteiger partial charge in [0.1, 0.15) is 43.5 Å². The van der Waals surface area contributed by atoms with Crippen molar-refractivity contribution in [1.29, 1.82) is 0 Å². The first kappa shape index (κ1) is 53.0. The molecular weight excluding hydrogens is 918 g/mol. The number of aliphatic hydroxyl groups is 1. The smallest absolute Gasteiger partial charge is 0.408 e. The predicted molar refractivity (Wildman–Crippen MR) is 251 cm³/mol. The Morgan fingerprint density at radius 1 is 0.971 bits per heavy atom. The van der Waals surface area contributed by atoms with Gasteiger partial charge in [0.2, 0.25) is 23.6 Å². The summed E-state index contributed by atoms with van der Waals surface area (Å²) >= 11 is 1.26. The van der Waals surface area contributed by atoms with Crippen LogP contribution in [-0.4, -0.2) is 116 Å². The first-order valence-corrected chi connectivity index (χ1v) is 23.3. The Morgan fingerprint density at radius 3 is 2.35 bits per heavy atom. The number of thiazole rings is 1. The fourth-order valence-corrected chi connectivity index (χ4v) is 8.26. The molecule has 3 heterocycles. The molecule has 1 saturated heterocycles. The fraction of sp³-hybridized carbons (Fsp3) is 0.468. The number of amides is 5. The number of aryl methyl sites for hydroxylation is 1. The number of carbonyl (C=O) groups excluding carboxylic acids is 6. The summed E-state index contributed by atoms with van der Waals surface area (Å²) in [4.78, 5) is 84.4. The lowest BCUT2D eigenvalue weighted by Gasteiger charge is -2.30. The third-order valence-corrected chi connectivity index (χ3v) is 12.0. The Labute approximate surface area is 403 Å². The van der Waals surface area contributed by atoms with Gasteiger partial charge in [-0.2, -0.15) is 0 Å². The first-order valence-electron chi connectivity index (χ1n) is 22.5. The molecule has 5 rings (SSSR count). The van der Waals surface area contributed by atoms with Gasteiger partial charge >= 0.3 is 12.1 Å². The summed E-state index contributed by atoms with van der Waals surface area (Å²) in [5, 5.41) is 27.9. The van der Waals surface area contributed by atoms with E-state index in [-0.39, 0.29) is 55.9 Å². The van der Waals surface area contributed by atoms with Gasteiger partial charge in [0.25, 0.3) is 5.88 Å². The number of likely N-dealkylation sites (tertiary alicyclic amines) is 1. The first-order chi connectivity index (χ1) is 32.9. The van der Waals surface area contributed by atoms with Crippen LogP contribution in [0.4, 0.5) is 14.9 Å². The van der Waals surface area contributed by atoms with Gasteiger partial charge in [-0.15, -0.1) is 11.3 Å². The number of halogens is 1. The molecule has 372 valence electrons. The highest BCUT2D eigenvalue weighted by Gasteiger charge is 2.45. The third kappa shape index (κ3) is 14.3. The number of anilines is 1. The molecule has 0 aliphatic carbocycles. The van der Waals surface area contributed by atoms with Crippen molar-refractivity contribution in [3.63, 3.8) is 0 Å². The van der Waals surface area contributed by atoms with Gasteiger partial charge in [-0.05, 0) is 70.2 Å². The Hall–Kier alpha value is -6.94. The van der Waals surface area contributed by atoms with E-state index in [1.165, 1.54) is 54.0 Å². The number of hydrogen-bond donors (Lipinski definition) is 5. The van der Waals surface area contributed by atoms with E-state index in [0.29, 0.717) is 46.8 Å². The lowest BCUT2D eigenvalue weighted by atomic mass is 10.0. The molecule has 22 heteroatoms. The molecule has 0 unspecified atom stereocenters. The molecule has 5 amide bonds. The van der Waals surface area contributed by atoms with Crippen LogP contribution in [-0.2, 0) is 40.1 Å². The largest absolute Gasteiger partial charge is 0.485 e. The van der Waals surface area contributed by atoms with Gasteiger partial charge < -0.3 is 50.2 Å². The lowest BCUT2D eigenvalue weighted by Crippen LogP contribution is -2.50. The summed E-state index contributed by atoms with van der Waals surface area (Å²) in [6.07, 6.45) is 2.43. The Morgan fingerprint density at radius 2 is 1.70 bits per heavy atom. The van der Waals surface area contributed by atoms with Gasteiger partial charge in [-0.3, -0.25) is 24.0 Å². The number of ether oxygens (including phenoxy) is 4. The van der Waals surface area contributed by atoms with Crippen LogP contribution in [0.1, 0.15) is 89.7 Å². The molecule has 6 atom stereocenters. The molecule has 69 heavy (non-hydrogen) atoms. The molecule has 20 nitrogen and oxygen atoms in total. The van der Waals surface area contributed by atoms with Crippen molar-refractivity contribution in [2.75, 3.05) is 31.7 Å².